The molecule has 0 N–H and O–H groups in total. The van der Waals surface area contributed by atoms with Gasteiger partial charge in [0.25, 0.3) is 0 Å². The fourth-order valence-corrected chi connectivity index (χ4v) is 3.03. The number of hydrogen-bond acceptors (Lipinski definition) is 2. The first-order valence-corrected chi connectivity index (χ1v) is 8.14. The molecule has 102 valence electrons. The average Bonchev–Trinajstić information content (AvgIpc) is 3.16. The number of halogens is 1. The van der Waals surface area contributed by atoms with Crippen molar-refractivity contribution in [1.29, 1.82) is 0 Å². The van der Waals surface area contributed by atoms with Crippen LogP contribution >= 0.6 is 15.9 Å². The Balaban J connectivity index is 2.42. The van der Waals surface area contributed by atoms with Crippen LogP contribution in [0.5, 0.6) is 0 Å². The average molecular weight is 306 g/mol. The lowest BCUT2D eigenvalue weighted by atomic mass is 10.0. The van der Waals surface area contributed by atoms with Crippen molar-refractivity contribution in [3.05, 3.63) is 0 Å². The monoisotopic (exact) mass is 305 g/mol. The van der Waals surface area contributed by atoms with Crippen molar-refractivity contribution in [3.8, 4) is 0 Å². The van der Waals surface area contributed by atoms with E-state index in [4.69, 9.17) is 4.74 Å². The van der Waals surface area contributed by atoms with E-state index in [1.807, 2.05) is 0 Å². The van der Waals surface area contributed by atoms with Crippen molar-refractivity contribution in [2.45, 2.75) is 45.6 Å². The summed E-state index contributed by atoms with van der Waals surface area (Å²) in [5, 5.41) is 1.13. The fraction of sp³-hybridized carbons (Fsp3) is 1.00. The van der Waals surface area contributed by atoms with Crippen LogP contribution in [0.2, 0.25) is 0 Å². The summed E-state index contributed by atoms with van der Waals surface area (Å²) < 4.78 is 5.24. The van der Waals surface area contributed by atoms with Gasteiger partial charge in [0.2, 0.25) is 0 Å². The highest BCUT2D eigenvalue weighted by Gasteiger charge is 2.32. The molecule has 17 heavy (non-hydrogen) atoms. The lowest BCUT2D eigenvalue weighted by Gasteiger charge is -2.32. The molecule has 2 unspecified atom stereocenters. The van der Waals surface area contributed by atoms with E-state index in [1.54, 1.807) is 7.11 Å². The summed E-state index contributed by atoms with van der Waals surface area (Å²) in [4.78, 5) is 2.64. The number of hydrogen-bond donors (Lipinski definition) is 0. The molecule has 0 heterocycles. The normalized spacial score (nSPS) is 19.6. The Labute approximate surface area is 115 Å². The Kier molecular flexibility index (Phi) is 7.72. The molecule has 0 spiro atoms. The van der Waals surface area contributed by atoms with E-state index >= 15 is 0 Å². The molecule has 1 fully saturated rings. The maximum atomic E-state index is 5.24. The molecule has 0 amide bonds. The summed E-state index contributed by atoms with van der Waals surface area (Å²) >= 11 is 3.66. The molecular formula is C14H28BrNO. The van der Waals surface area contributed by atoms with Crippen molar-refractivity contribution in [1.82, 2.24) is 4.90 Å². The van der Waals surface area contributed by atoms with Crippen LogP contribution in [0.25, 0.3) is 0 Å². The summed E-state index contributed by atoms with van der Waals surface area (Å²) in [5.74, 6) is 1.74. The Morgan fingerprint density at radius 1 is 1.41 bits per heavy atom. The van der Waals surface area contributed by atoms with Crippen molar-refractivity contribution < 1.29 is 4.74 Å². The molecule has 1 saturated carbocycles. The first-order chi connectivity index (χ1) is 8.22. The molecule has 3 heteroatoms. The van der Waals surface area contributed by atoms with Gasteiger partial charge in [-0.1, -0.05) is 29.3 Å². The molecule has 1 aliphatic rings. The smallest absolute Gasteiger partial charge is 0.0589 e. The number of ether oxygens (including phenoxy) is 1. The first kappa shape index (κ1) is 15.5. The van der Waals surface area contributed by atoms with Gasteiger partial charge >= 0.3 is 0 Å². The Morgan fingerprint density at radius 2 is 2.12 bits per heavy atom. The Morgan fingerprint density at radius 3 is 2.59 bits per heavy atom. The molecule has 0 aromatic heterocycles. The van der Waals surface area contributed by atoms with Gasteiger partial charge in [0, 0.05) is 31.6 Å². The predicted molar refractivity (Wildman–Crippen MR) is 77.8 cm³/mol. The van der Waals surface area contributed by atoms with Crippen molar-refractivity contribution in [2.24, 2.45) is 11.8 Å². The van der Waals surface area contributed by atoms with Crippen LogP contribution in [-0.4, -0.2) is 43.1 Å². The predicted octanol–water partition coefficient (Wildman–Crippen LogP) is 3.54. The van der Waals surface area contributed by atoms with E-state index in [-0.39, 0.29) is 0 Å². The summed E-state index contributed by atoms with van der Waals surface area (Å²) in [6, 6.07) is 0.739. The zero-order valence-corrected chi connectivity index (χ0v) is 13.2. The van der Waals surface area contributed by atoms with E-state index in [0.717, 1.165) is 36.4 Å². The van der Waals surface area contributed by atoms with Gasteiger partial charge in [-0.3, -0.25) is 4.90 Å². The van der Waals surface area contributed by atoms with E-state index in [1.165, 1.54) is 32.2 Å². The highest BCUT2D eigenvalue weighted by Crippen LogP contribution is 2.35. The van der Waals surface area contributed by atoms with Gasteiger partial charge in [-0.05, 0) is 38.0 Å². The Hall–Kier alpha value is 0.400. The van der Waals surface area contributed by atoms with E-state index in [9.17, 15) is 0 Å². The lowest BCUT2D eigenvalue weighted by Crippen LogP contribution is -2.40. The van der Waals surface area contributed by atoms with Crippen LogP contribution in [0, 0.1) is 11.8 Å². The third kappa shape index (κ3) is 5.71. The number of methoxy groups -OCH3 is 1. The van der Waals surface area contributed by atoms with Gasteiger partial charge in [-0.2, -0.15) is 0 Å². The second-order valence-electron chi connectivity index (χ2n) is 5.37. The van der Waals surface area contributed by atoms with Crippen LogP contribution in [-0.2, 0) is 4.74 Å². The van der Waals surface area contributed by atoms with Crippen molar-refractivity contribution in [3.63, 3.8) is 0 Å². The Bertz CT molecular complexity index is 197. The van der Waals surface area contributed by atoms with Crippen LogP contribution in [0.4, 0.5) is 0 Å². The number of alkyl halides is 1. The highest BCUT2D eigenvalue weighted by atomic mass is 79.9. The molecule has 2 atom stereocenters. The molecule has 1 aliphatic carbocycles. The summed E-state index contributed by atoms with van der Waals surface area (Å²) in [7, 11) is 1.80. The molecule has 2 nitrogen and oxygen atoms in total. The number of nitrogens with zero attached hydrogens (tertiary/aromatic N) is 1. The van der Waals surface area contributed by atoms with Gasteiger partial charge in [0.1, 0.15) is 0 Å². The second-order valence-corrected chi connectivity index (χ2v) is 6.02. The SMILES string of the molecule is CCCC(CBr)CN(CCOC)C(C)C1CC1. The fourth-order valence-electron chi connectivity index (χ4n) is 2.50. The quantitative estimate of drug-likeness (QED) is 0.572. The zero-order chi connectivity index (χ0) is 12.7. The first-order valence-electron chi connectivity index (χ1n) is 7.01. The molecule has 1 rings (SSSR count). The third-order valence-electron chi connectivity index (χ3n) is 3.87. The van der Waals surface area contributed by atoms with Crippen molar-refractivity contribution in [2.75, 3.05) is 32.1 Å². The zero-order valence-electron chi connectivity index (χ0n) is 11.6. The molecule has 0 aromatic carbocycles. The van der Waals surface area contributed by atoms with Crippen LogP contribution < -0.4 is 0 Å². The summed E-state index contributed by atoms with van der Waals surface area (Å²) in [6.07, 6.45) is 5.47. The standard InChI is InChI=1S/C14H28BrNO/c1-4-5-13(10-15)11-16(8-9-17-3)12(2)14-6-7-14/h12-14H,4-11H2,1-3H3. The van der Waals surface area contributed by atoms with Gasteiger partial charge in [0.15, 0.2) is 0 Å². The maximum absolute atomic E-state index is 5.24. The molecule has 0 aliphatic heterocycles. The topological polar surface area (TPSA) is 12.5 Å². The van der Waals surface area contributed by atoms with Crippen LogP contribution in [0.3, 0.4) is 0 Å². The largest absolute Gasteiger partial charge is 0.383 e. The molecule has 0 radical (unpaired) electrons. The van der Waals surface area contributed by atoms with Gasteiger partial charge in [0.05, 0.1) is 6.61 Å². The molecule has 0 saturated heterocycles. The van der Waals surface area contributed by atoms with Gasteiger partial charge in [-0.25, -0.2) is 0 Å². The minimum Gasteiger partial charge on any atom is -0.383 e. The summed E-state index contributed by atoms with van der Waals surface area (Å²) in [6.45, 7) is 7.84. The summed E-state index contributed by atoms with van der Waals surface area (Å²) in [5.41, 5.74) is 0. The van der Waals surface area contributed by atoms with Gasteiger partial charge in [-0.15, -0.1) is 0 Å². The molecule has 0 bridgehead atoms. The van der Waals surface area contributed by atoms with Crippen molar-refractivity contribution >= 4 is 15.9 Å². The van der Waals surface area contributed by atoms with E-state index in [0.29, 0.717) is 0 Å². The van der Waals surface area contributed by atoms with E-state index in [2.05, 4.69) is 34.7 Å². The lowest BCUT2D eigenvalue weighted by molar-refractivity contribution is 0.105. The minimum absolute atomic E-state index is 0.739. The molecule has 0 aromatic rings. The van der Waals surface area contributed by atoms with Gasteiger partial charge < -0.3 is 4.74 Å². The van der Waals surface area contributed by atoms with Crippen LogP contribution in [0.15, 0.2) is 0 Å². The highest BCUT2D eigenvalue weighted by molar-refractivity contribution is 9.09. The second kappa shape index (κ2) is 8.49. The third-order valence-corrected chi connectivity index (χ3v) is 4.79. The maximum Gasteiger partial charge on any atom is 0.0589 e. The van der Waals surface area contributed by atoms with Crippen LogP contribution in [0.1, 0.15) is 39.5 Å². The minimum atomic E-state index is 0.739. The molecular weight excluding hydrogens is 278 g/mol. The number of rotatable bonds is 10. The van der Waals surface area contributed by atoms with E-state index < -0.39 is 0 Å².